The monoisotopic (exact) mass is 560 g/mol. The largest absolute Gasteiger partial charge is 0.488 e. The fourth-order valence-electron chi connectivity index (χ4n) is 5.36. The van der Waals surface area contributed by atoms with Crippen molar-refractivity contribution < 1.29 is 27.4 Å². The lowest BCUT2D eigenvalue weighted by molar-refractivity contribution is -0.0196. The third kappa shape index (κ3) is 7.12. The van der Waals surface area contributed by atoms with Crippen LogP contribution in [-0.2, 0) is 24.6 Å². The summed E-state index contributed by atoms with van der Waals surface area (Å²) in [5.41, 5.74) is 2.79. The standard InChI is InChI=1S/C35H35F3O3/c1-2-9-24-14-15-32(39-21-24)27-18-33(40-22-25-10-5-3-6-11-25)35(28-16-30(37)29(20-36)31(38)17-28)34(19-27)41-23-26-12-7-4-8-13-26/h3-8,10-13,16-19,24,32H,2,9,14-15,20-23H2,1H3/t24-,32?/m1/s1. The minimum absolute atomic E-state index is 0.155. The van der Waals surface area contributed by atoms with Crippen molar-refractivity contribution in [2.75, 3.05) is 6.61 Å². The summed E-state index contributed by atoms with van der Waals surface area (Å²) in [6.45, 7) is 2.12. The summed E-state index contributed by atoms with van der Waals surface area (Å²) >= 11 is 0. The van der Waals surface area contributed by atoms with E-state index in [1.807, 2.05) is 72.8 Å². The van der Waals surface area contributed by atoms with Gasteiger partial charge in [0.05, 0.1) is 23.8 Å². The number of hydrogen-bond donors (Lipinski definition) is 0. The molecule has 0 aliphatic carbocycles. The van der Waals surface area contributed by atoms with Crippen LogP contribution in [0.4, 0.5) is 13.2 Å². The third-order valence-corrected chi connectivity index (χ3v) is 7.56. The van der Waals surface area contributed by atoms with E-state index in [0.29, 0.717) is 29.6 Å². The Hall–Kier alpha value is -3.77. The van der Waals surface area contributed by atoms with Gasteiger partial charge in [-0.2, -0.15) is 0 Å². The fraction of sp³-hybridized carbons (Fsp3) is 0.314. The van der Waals surface area contributed by atoms with Gasteiger partial charge in [0.15, 0.2) is 0 Å². The highest BCUT2D eigenvalue weighted by atomic mass is 19.1. The summed E-state index contributed by atoms with van der Waals surface area (Å²) in [7, 11) is 0. The molecule has 5 rings (SSSR count). The number of hydrogen-bond acceptors (Lipinski definition) is 3. The van der Waals surface area contributed by atoms with E-state index >= 15 is 0 Å². The van der Waals surface area contributed by atoms with Crippen molar-refractivity contribution >= 4 is 0 Å². The van der Waals surface area contributed by atoms with E-state index in [-0.39, 0.29) is 24.9 Å². The molecule has 1 heterocycles. The molecule has 0 radical (unpaired) electrons. The SMILES string of the molecule is CCC[C@@H]1CCC(c2cc(OCc3ccccc3)c(-c3cc(F)c(CF)c(F)c3)c(OCc3ccccc3)c2)OC1. The van der Waals surface area contributed by atoms with Crippen molar-refractivity contribution in [3.8, 4) is 22.6 Å². The van der Waals surface area contributed by atoms with Crippen molar-refractivity contribution in [1.82, 2.24) is 0 Å². The Bertz CT molecular complexity index is 1330. The van der Waals surface area contributed by atoms with Gasteiger partial charge >= 0.3 is 0 Å². The molecule has 0 bridgehead atoms. The summed E-state index contributed by atoms with van der Waals surface area (Å²) in [6, 6.07) is 25.4. The average molecular weight is 561 g/mol. The Morgan fingerprint density at radius 3 is 1.80 bits per heavy atom. The van der Waals surface area contributed by atoms with Gasteiger partial charge in [-0.25, -0.2) is 13.2 Å². The van der Waals surface area contributed by atoms with Crippen LogP contribution in [0.3, 0.4) is 0 Å². The van der Waals surface area contributed by atoms with Crippen LogP contribution in [0.15, 0.2) is 84.9 Å². The molecular formula is C35H35F3O3. The Morgan fingerprint density at radius 1 is 0.780 bits per heavy atom. The van der Waals surface area contributed by atoms with Crippen LogP contribution >= 0.6 is 0 Å². The topological polar surface area (TPSA) is 27.7 Å². The highest BCUT2D eigenvalue weighted by Gasteiger charge is 2.26. The molecule has 1 aliphatic rings. The highest BCUT2D eigenvalue weighted by Crippen LogP contribution is 2.45. The summed E-state index contributed by atoms with van der Waals surface area (Å²) in [6.07, 6.45) is 4.01. The lowest BCUT2D eigenvalue weighted by Gasteiger charge is -2.30. The summed E-state index contributed by atoms with van der Waals surface area (Å²) in [5, 5.41) is 0. The molecule has 1 aliphatic heterocycles. The summed E-state index contributed by atoms with van der Waals surface area (Å²) < 4.78 is 62.0. The van der Waals surface area contributed by atoms with Gasteiger partial charge in [0.25, 0.3) is 0 Å². The smallest absolute Gasteiger partial charge is 0.132 e. The number of alkyl halides is 1. The third-order valence-electron chi connectivity index (χ3n) is 7.56. The molecule has 0 aromatic heterocycles. The molecule has 1 fully saturated rings. The fourth-order valence-corrected chi connectivity index (χ4v) is 5.36. The normalized spacial score (nSPS) is 16.9. The molecule has 0 amide bonds. The molecule has 1 saturated heterocycles. The second kappa shape index (κ2) is 13.7. The van der Waals surface area contributed by atoms with E-state index in [2.05, 4.69) is 6.92 Å². The molecule has 4 aromatic rings. The van der Waals surface area contributed by atoms with Crippen LogP contribution in [-0.4, -0.2) is 6.61 Å². The van der Waals surface area contributed by atoms with Crippen LogP contribution in [0.5, 0.6) is 11.5 Å². The predicted molar refractivity (Wildman–Crippen MR) is 154 cm³/mol. The molecule has 4 aromatic carbocycles. The maximum atomic E-state index is 14.8. The summed E-state index contributed by atoms with van der Waals surface area (Å²) in [4.78, 5) is 0. The number of benzene rings is 4. The first-order valence-electron chi connectivity index (χ1n) is 14.2. The maximum absolute atomic E-state index is 14.8. The lowest BCUT2D eigenvalue weighted by atomic mass is 9.90. The first-order valence-corrected chi connectivity index (χ1v) is 14.2. The molecule has 3 nitrogen and oxygen atoms in total. The van der Waals surface area contributed by atoms with E-state index in [4.69, 9.17) is 14.2 Å². The van der Waals surface area contributed by atoms with E-state index in [1.165, 1.54) is 0 Å². The van der Waals surface area contributed by atoms with Gasteiger partial charge in [0.2, 0.25) is 0 Å². The van der Waals surface area contributed by atoms with E-state index < -0.39 is 23.9 Å². The Morgan fingerprint density at radius 2 is 1.34 bits per heavy atom. The van der Waals surface area contributed by atoms with Crippen molar-refractivity contribution in [2.45, 2.75) is 58.6 Å². The Labute approximate surface area is 239 Å². The highest BCUT2D eigenvalue weighted by molar-refractivity contribution is 5.78. The first kappa shape index (κ1) is 28.7. The summed E-state index contributed by atoms with van der Waals surface area (Å²) in [5.74, 6) is -0.529. The van der Waals surface area contributed by atoms with Gasteiger partial charge in [-0.15, -0.1) is 0 Å². The minimum Gasteiger partial charge on any atom is -0.488 e. The Kier molecular flexibility index (Phi) is 9.63. The van der Waals surface area contributed by atoms with Gasteiger partial charge in [-0.05, 0) is 71.7 Å². The van der Waals surface area contributed by atoms with Gasteiger partial charge in [0.1, 0.15) is 43.0 Å². The van der Waals surface area contributed by atoms with Crippen LogP contribution in [0.2, 0.25) is 0 Å². The first-order chi connectivity index (χ1) is 20.1. The molecular weight excluding hydrogens is 525 g/mol. The molecule has 6 heteroatoms. The molecule has 2 atom stereocenters. The van der Waals surface area contributed by atoms with Gasteiger partial charge in [-0.1, -0.05) is 74.0 Å². The Balaban J connectivity index is 1.58. The molecule has 41 heavy (non-hydrogen) atoms. The van der Waals surface area contributed by atoms with Crippen LogP contribution < -0.4 is 9.47 Å². The van der Waals surface area contributed by atoms with Gasteiger partial charge < -0.3 is 14.2 Å². The average Bonchev–Trinajstić information content (AvgIpc) is 3.00. The van der Waals surface area contributed by atoms with Crippen LogP contribution in [0.1, 0.15) is 61.0 Å². The zero-order chi connectivity index (χ0) is 28.6. The zero-order valence-corrected chi connectivity index (χ0v) is 23.3. The van der Waals surface area contributed by atoms with Gasteiger partial charge in [0, 0.05) is 0 Å². The maximum Gasteiger partial charge on any atom is 0.132 e. The molecule has 0 saturated carbocycles. The molecule has 0 spiro atoms. The predicted octanol–water partition coefficient (Wildman–Crippen LogP) is 9.53. The second-order valence-electron chi connectivity index (χ2n) is 10.5. The molecule has 214 valence electrons. The lowest BCUT2D eigenvalue weighted by Crippen LogP contribution is -2.20. The molecule has 1 unspecified atom stereocenters. The number of ether oxygens (including phenoxy) is 3. The number of rotatable bonds is 11. The zero-order valence-electron chi connectivity index (χ0n) is 23.3. The van der Waals surface area contributed by atoms with Crippen molar-refractivity contribution in [1.29, 1.82) is 0 Å². The van der Waals surface area contributed by atoms with Crippen LogP contribution in [0, 0.1) is 17.6 Å². The van der Waals surface area contributed by atoms with E-state index in [9.17, 15) is 13.2 Å². The van der Waals surface area contributed by atoms with E-state index in [0.717, 1.165) is 54.5 Å². The van der Waals surface area contributed by atoms with Crippen LogP contribution in [0.25, 0.3) is 11.1 Å². The van der Waals surface area contributed by atoms with Crippen molar-refractivity contribution in [2.24, 2.45) is 5.92 Å². The van der Waals surface area contributed by atoms with Crippen molar-refractivity contribution in [3.63, 3.8) is 0 Å². The van der Waals surface area contributed by atoms with Crippen molar-refractivity contribution in [3.05, 3.63) is 119 Å². The second-order valence-corrected chi connectivity index (χ2v) is 10.5. The molecule has 0 N–H and O–H groups in total. The number of halogens is 3. The van der Waals surface area contributed by atoms with Gasteiger partial charge in [-0.3, -0.25) is 0 Å². The quantitative estimate of drug-likeness (QED) is 0.183. The minimum atomic E-state index is -1.23. The van der Waals surface area contributed by atoms with E-state index in [1.54, 1.807) is 0 Å².